The van der Waals surface area contributed by atoms with Gasteiger partial charge < -0.3 is 5.73 Å². The van der Waals surface area contributed by atoms with Gasteiger partial charge in [0.2, 0.25) is 0 Å². The molecule has 1 rings (SSSR count). The van der Waals surface area contributed by atoms with Crippen molar-refractivity contribution in [2.24, 2.45) is 5.73 Å². The van der Waals surface area contributed by atoms with Crippen LogP contribution in [-0.4, -0.2) is 15.6 Å². The van der Waals surface area contributed by atoms with E-state index in [1.165, 1.54) is 0 Å². The highest BCUT2D eigenvalue weighted by atomic mass is 15.3. The van der Waals surface area contributed by atoms with Gasteiger partial charge in [0.25, 0.3) is 0 Å². The SMILES string of the molecule is CC(C)n1nccc1CC(=N)N. The highest BCUT2D eigenvalue weighted by Crippen LogP contribution is 2.07. The molecular weight excluding hydrogens is 152 g/mol. The van der Waals surface area contributed by atoms with Crippen LogP contribution in [0.15, 0.2) is 12.3 Å². The Morgan fingerprint density at radius 1 is 1.75 bits per heavy atom. The average molecular weight is 166 g/mol. The molecule has 4 heteroatoms. The van der Waals surface area contributed by atoms with Crippen molar-refractivity contribution in [3.8, 4) is 0 Å². The molecule has 0 aromatic carbocycles. The second kappa shape index (κ2) is 3.38. The fourth-order valence-corrected chi connectivity index (χ4v) is 1.14. The molecule has 0 atom stereocenters. The maximum Gasteiger partial charge on any atom is 0.0965 e. The Kier molecular flexibility index (Phi) is 2.47. The lowest BCUT2D eigenvalue weighted by atomic mass is 10.2. The quantitative estimate of drug-likeness (QED) is 0.518. The number of rotatable bonds is 3. The summed E-state index contributed by atoms with van der Waals surface area (Å²) in [6, 6.07) is 2.22. The largest absolute Gasteiger partial charge is 0.387 e. The van der Waals surface area contributed by atoms with Crippen molar-refractivity contribution >= 4 is 5.84 Å². The molecular formula is C8H14N4. The second-order valence-electron chi connectivity index (χ2n) is 3.06. The summed E-state index contributed by atoms with van der Waals surface area (Å²) in [5.41, 5.74) is 6.29. The van der Waals surface area contributed by atoms with Crippen LogP contribution in [0.3, 0.4) is 0 Å². The standard InChI is InChI=1S/C8H14N4/c1-6(2)12-7(3-4-11-12)5-8(9)10/h3-4,6H,5H2,1-2H3,(H3,9,10). The third kappa shape index (κ3) is 1.84. The van der Waals surface area contributed by atoms with Gasteiger partial charge in [0.05, 0.1) is 5.84 Å². The van der Waals surface area contributed by atoms with Crippen LogP contribution in [0.1, 0.15) is 25.6 Å². The van der Waals surface area contributed by atoms with Crippen LogP contribution in [0.25, 0.3) is 0 Å². The molecule has 1 heterocycles. The maximum absolute atomic E-state index is 7.14. The zero-order valence-corrected chi connectivity index (χ0v) is 7.41. The van der Waals surface area contributed by atoms with Crippen LogP contribution in [0.5, 0.6) is 0 Å². The van der Waals surface area contributed by atoms with E-state index in [1.54, 1.807) is 6.20 Å². The summed E-state index contributed by atoms with van der Waals surface area (Å²) in [4.78, 5) is 0. The van der Waals surface area contributed by atoms with Crippen molar-refractivity contribution < 1.29 is 0 Å². The normalized spacial score (nSPS) is 10.6. The zero-order valence-electron chi connectivity index (χ0n) is 7.41. The number of nitrogens with two attached hydrogens (primary N) is 1. The summed E-state index contributed by atoms with van der Waals surface area (Å²) in [5, 5.41) is 11.3. The molecule has 0 saturated carbocycles. The first-order valence-electron chi connectivity index (χ1n) is 3.96. The third-order valence-electron chi connectivity index (χ3n) is 1.61. The van der Waals surface area contributed by atoms with Crippen LogP contribution in [0.4, 0.5) is 0 Å². The Morgan fingerprint density at radius 2 is 2.42 bits per heavy atom. The fourth-order valence-electron chi connectivity index (χ4n) is 1.14. The minimum atomic E-state index is 0.178. The lowest BCUT2D eigenvalue weighted by Crippen LogP contribution is -2.17. The van der Waals surface area contributed by atoms with Crippen molar-refractivity contribution in [3.05, 3.63) is 18.0 Å². The van der Waals surface area contributed by atoms with Crippen LogP contribution in [-0.2, 0) is 6.42 Å². The van der Waals surface area contributed by atoms with E-state index in [4.69, 9.17) is 11.1 Å². The summed E-state index contributed by atoms with van der Waals surface area (Å²) in [5.74, 6) is 0.178. The van der Waals surface area contributed by atoms with Crippen molar-refractivity contribution in [2.45, 2.75) is 26.3 Å². The lowest BCUT2D eigenvalue weighted by molar-refractivity contribution is 0.516. The van der Waals surface area contributed by atoms with Crippen LogP contribution in [0, 0.1) is 5.41 Å². The van der Waals surface area contributed by atoms with E-state index in [2.05, 4.69) is 18.9 Å². The summed E-state index contributed by atoms with van der Waals surface area (Å²) in [6.07, 6.45) is 2.22. The Hall–Kier alpha value is -1.32. The Labute approximate surface area is 71.9 Å². The number of nitrogens with zero attached hydrogens (tertiary/aromatic N) is 2. The molecule has 0 aliphatic carbocycles. The van der Waals surface area contributed by atoms with Gasteiger partial charge in [-0.05, 0) is 19.9 Å². The molecule has 0 fully saturated rings. The van der Waals surface area contributed by atoms with Gasteiger partial charge in [-0.15, -0.1) is 0 Å². The molecule has 0 bridgehead atoms. The minimum Gasteiger partial charge on any atom is -0.387 e. The van der Waals surface area contributed by atoms with E-state index in [-0.39, 0.29) is 5.84 Å². The van der Waals surface area contributed by atoms with E-state index in [0.717, 1.165) is 5.69 Å². The van der Waals surface area contributed by atoms with E-state index in [1.807, 2.05) is 10.7 Å². The van der Waals surface area contributed by atoms with Crippen LogP contribution < -0.4 is 5.73 Å². The highest BCUT2D eigenvalue weighted by Gasteiger charge is 2.05. The molecule has 0 saturated heterocycles. The molecule has 0 spiro atoms. The van der Waals surface area contributed by atoms with E-state index < -0.39 is 0 Å². The third-order valence-corrected chi connectivity index (χ3v) is 1.61. The molecule has 4 nitrogen and oxygen atoms in total. The van der Waals surface area contributed by atoms with Gasteiger partial charge in [-0.1, -0.05) is 0 Å². The molecule has 12 heavy (non-hydrogen) atoms. The maximum atomic E-state index is 7.14. The Bertz CT molecular complexity index is 274. The van der Waals surface area contributed by atoms with Gasteiger partial charge in [-0.25, -0.2) is 0 Å². The van der Waals surface area contributed by atoms with E-state index in [9.17, 15) is 0 Å². The molecule has 0 aliphatic heterocycles. The summed E-state index contributed by atoms with van der Waals surface area (Å²) in [6.45, 7) is 4.10. The molecule has 0 unspecified atom stereocenters. The van der Waals surface area contributed by atoms with Crippen molar-refractivity contribution in [1.82, 2.24) is 9.78 Å². The highest BCUT2D eigenvalue weighted by molar-refractivity contribution is 5.78. The predicted octanol–water partition coefficient (Wildman–Crippen LogP) is 0.942. The van der Waals surface area contributed by atoms with Crippen molar-refractivity contribution in [2.75, 3.05) is 0 Å². The van der Waals surface area contributed by atoms with E-state index in [0.29, 0.717) is 12.5 Å². The first kappa shape index (κ1) is 8.77. The number of hydrogen-bond donors (Lipinski definition) is 2. The molecule has 0 aliphatic rings. The van der Waals surface area contributed by atoms with Crippen LogP contribution in [0.2, 0.25) is 0 Å². The van der Waals surface area contributed by atoms with Gasteiger partial charge in [0.1, 0.15) is 0 Å². The van der Waals surface area contributed by atoms with Crippen molar-refractivity contribution in [1.29, 1.82) is 5.41 Å². The van der Waals surface area contributed by atoms with E-state index >= 15 is 0 Å². The van der Waals surface area contributed by atoms with Gasteiger partial charge in [-0.3, -0.25) is 10.1 Å². The Morgan fingerprint density at radius 3 is 2.92 bits per heavy atom. The van der Waals surface area contributed by atoms with Gasteiger partial charge in [0.15, 0.2) is 0 Å². The molecule has 1 aromatic rings. The van der Waals surface area contributed by atoms with Crippen molar-refractivity contribution in [3.63, 3.8) is 0 Å². The van der Waals surface area contributed by atoms with Crippen LogP contribution >= 0.6 is 0 Å². The number of nitrogens with one attached hydrogen (secondary N) is 1. The monoisotopic (exact) mass is 166 g/mol. The number of hydrogen-bond acceptors (Lipinski definition) is 2. The summed E-state index contributed by atoms with van der Waals surface area (Å²) in [7, 11) is 0. The molecule has 3 N–H and O–H groups in total. The molecule has 66 valence electrons. The lowest BCUT2D eigenvalue weighted by Gasteiger charge is -2.09. The summed E-state index contributed by atoms with van der Waals surface area (Å²) < 4.78 is 1.88. The predicted molar refractivity (Wildman–Crippen MR) is 48.2 cm³/mol. The molecule has 1 aromatic heterocycles. The average Bonchev–Trinajstić information content (AvgIpc) is 2.33. The number of aromatic nitrogens is 2. The van der Waals surface area contributed by atoms with Gasteiger partial charge in [-0.2, -0.15) is 5.10 Å². The summed E-state index contributed by atoms with van der Waals surface area (Å²) >= 11 is 0. The minimum absolute atomic E-state index is 0.178. The molecule has 0 radical (unpaired) electrons. The van der Waals surface area contributed by atoms with Gasteiger partial charge in [0, 0.05) is 24.4 Å². The molecule has 0 amide bonds. The fraction of sp³-hybridized carbons (Fsp3) is 0.500. The zero-order chi connectivity index (χ0) is 9.14. The van der Waals surface area contributed by atoms with Gasteiger partial charge >= 0.3 is 0 Å². The smallest absolute Gasteiger partial charge is 0.0965 e. The number of amidine groups is 1. The second-order valence-corrected chi connectivity index (χ2v) is 3.06. The first-order chi connectivity index (χ1) is 5.61. The Balaban J connectivity index is 2.84. The topological polar surface area (TPSA) is 67.7 Å². The first-order valence-corrected chi connectivity index (χ1v) is 3.96.